The molecule has 0 aromatic heterocycles. The Labute approximate surface area is 120 Å². The minimum absolute atomic E-state index is 0.103. The predicted molar refractivity (Wildman–Crippen MR) is 79.6 cm³/mol. The highest BCUT2D eigenvalue weighted by molar-refractivity contribution is 5.80. The highest BCUT2D eigenvalue weighted by Gasteiger charge is 2.29. The van der Waals surface area contributed by atoms with Crippen LogP contribution in [0.15, 0.2) is 24.3 Å². The summed E-state index contributed by atoms with van der Waals surface area (Å²) in [5.74, 6) is 0.560. The zero-order valence-electron chi connectivity index (χ0n) is 12.2. The van der Waals surface area contributed by atoms with E-state index in [2.05, 4.69) is 17.6 Å². The molecule has 1 aromatic rings. The van der Waals surface area contributed by atoms with Crippen molar-refractivity contribution in [2.24, 2.45) is 5.92 Å². The van der Waals surface area contributed by atoms with Crippen LogP contribution in [0.5, 0.6) is 5.75 Å². The molecule has 0 spiro atoms. The van der Waals surface area contributed by atoms with E-state index in [1.54, 1.807) is 12.1 Å². The fraction of sp³-hybridized carbons (Fsp3) is 0.562. The summed E-state index contributed by atoms with van der Waals surface area (Å²) in [6.45, 7) is 5.05. The molecule has 1 amide bonds. The van der Waals surface area contributed by atoms with Crippen LogP contribution < -0.4 is 10.6 Å². The molecule has 4 heteroatoms. The molecule has 110 valence electrons. The van der Waals surface area contributed by atoms with Gasteiger partial charge >= 0.3 is 0 Å². The molecule has 1 heterocycles. The third-order valence-electron chi connectivity index (χ3n) is 4.05. The molecular weight excluding hydrogens is 252 g/mol. The molecule has 2 rings (SSSR count). The number of nitrogens with one attached hydrogen (secondary N) is 2. The zero-order chi connectivity index (χ0) is 14.5. The Morgan fingerprint density at radius 3 is 2.75 bits per heavy atom. The summed E-state index contributed by atoms with van der Waals surface area (Å²) in [4.78, 5) is 12.1. The molecular formula is C16H24N2O2. The second-order valence-electron chi connectivity index (χ2n) is 5.75. The number of carbonyl (C=O) groups excluding carboxylic acids is 1. The van der Waals surface area contributed by atoms with Crippen molar-refractivity contribution in [3.63, 3.8) is 0 Å². The van der Waals surface area contributed by atoms with E-state index in [-0.39, 0.29) is 29.7 Å². The average Bonchev–Trinajstić information content (AvgIpc) is 2.84. The first-order chi connectivity index (χ1) is 9.56. The second kappa shape index (κ2) is 6.75. The number of aryl methyl sites for hydroxylation is 1. The highest BCUT2D eigenvalue weighted by atomic mass is 16.3. The van der Waals surface area contributed by atoms with Gasteiger partial charge in [-0.05, 0) is 57.4 Å². The van der Waals surface area contributed by atoms with Gasteiger partial charge in [0, 0.05) is 12.1 Å². The van der Waals surface area contributed by atoms with E-state index >= 15 is 0 Å². The zero-order valence-corrected chi connectivity index (χ0v) is 12.2. The monoisotopic (exact) mass is 276 g/mol. The van der Waals surface area contributed by atoms with E-state index in [0.717, 1.165) is 25.8 Å². The number of amides is 1. The molecule has 3 unspecified atom stereocenters. The Morgan fingerprint density at radius 1 is 1.45 bits per heavy atom. The Balaban J connectivity index is 1.76. The van der Waals surface area contributed by atoms with E-state index < -0.39 is 0 Å². The number of benzene rings is 1. The Hall–Kier alpha value is -1.55. The first-order valence-electron chi connectivity index (χ1n) is 7.38. The second-order valence-corrected chi connectivity index (χ2v) is 5.75. The van der Waals surface area contributed by atoms with Crippen LogP contribution in [0.4, 0.5) is 0 Å². The van der Waals surface area contributed by atoms with Gasteiger partial charge in [0.25, 0.3) is 0 Å². The number of rotatable bonds is 5. The summed E-state index contributed by atoms with van der Waals surface area (Å²) < 4.78 is 0. The van der Waals surface area contributed by atoms with E-state index in [1.165, 1.54) is 5.56 Å². The summed E-state index contributed by atoms with van der Waals surface area (Å²) in [5.41, 5.74) is 1.18. The first kappa shape index (κ1) is 14.9. The smallest absolute Gasteiger partial charge is 0.224 e. The quantitative estimate of drug-likeness (QED) is 0.769. The van der Waals surface area contributed by atoms with Crippen LogP contribution in [-0.4, -0.2) is 29.6 Å². The molecule has 0 saturated carbocycles. The van der Waals surface area contributed by atoms with Gasteiger partial charge in [-0.25, -0.2) is 0 Å². The van der Waals surface area contributed by atoms with Gasteiger partial charge in [0.2, 0.25) is 5.91 Å². The van der Waals surface area contributed by atoms with Crippen molar-refractivity contribution in [1.29, 1.82) is 0 Å². The highest BCUT2D eigenvalue weighted by Crippen LogP contribution is 2.16. The van der Waals surface area contributed by atoms with Gasteiger partial charge in [-0.3, -0.25) is 4.79 Å². The summed E-state index contributed by atoms with van der Waals surface area (Å²) in [6.07, 6.45) is 2.74. The molecule has 0 radical (unpaired) electrons. The summed E-state index contributed by atoms with van der Waals surface area (Å²) >= 11 is 0. The maximum absolute atomic E-state index is 12.1. The van der Waals surface area contributed by atoms with E-state index in [1.807, 2.05) is 19.1 Å². The van der Waals surface area contributed by atoms with Crippen molar-refractivity contribution >= 4 is 5.91 Å². The lowest BCUT2D eigenvalue weighted by Gasteiger charge is -2.19. The van der Waals surface area contributed by atoms with Crippen LogP contribution in [0.1, 0.15) is 32.3 Å². The molecule has 0 aliphatic carbocycles. The topological polar surface area (TPSA) is 61.4 Å². The van der Waals surface area contributed by atoms with Gasteiger partial charge in [0.05, 0.1) is 5.92 Å². The number of phenols is 1. The van der Waals surface area contributed by atoms with Crippen LogP contribution >= 0.6 is 0 Å². The molecule has 4 nitrogen and oxygen atoms in total. The number of hydrogen-bond acceptors (Lipinski definition) is 3. The predicted octanol–water partition coefficient (Wildman–Crippen LogP) is 1.83. The lowest BCUT2D eigenvalue weighted by molar-refractivity contribution is -0.125. The first-order valence-corrected chi connectivity index (χ1v) is 7.38. The van der Waals surface area contributed by atoms with Gasteiger partial charge in [0.15, 0.2) is 0 Å². The maximum atomic E-state index is 12.1. The number of hydrogen-bond donors (Lipinski definition) is 3. The van der Waals surface area contributed by atoms with Gasteiger partial charge in [0.1, 0.15) is 5.75 Å². The normalized spacial score (nSPS) is 23.5. The Bertz CT molecular complexity index is 444. The fourth-order valence-electron chi connectivity index (χ4n) is 2.68. The Morgan fingerprint density at radius 2 is 2.15 bits per heavy atom. The van der Waals surface area contributed by atoms with Crippen LogP contribution in [-0.2, 0) is 11.2 Å². The van der Waals surface area contributed by atoms with Gasteiger partial charge in [-0.2, -0.15) is 0 Å². The average molecular weight is 276 g/mol. The van der Waals surface area contributed by atoms with Gasteiger partial charge < -0.3 is 15.7 Å². The summed E-state index contributed by atoms with van der Waals surface area (Å²) in [6, 6.07) is 7.69. The molecule has 1 aromatic carbocycles. The van der Waals surface area contributed by atoms with E-state index in [4.69, 9.17) is 0 Å². The van der Waals surface area contributed by atoms with Crippen LogP contribution in [0, 0.1) is 5.92 Å². The number of aromatic hydroxyl groups is 1. The molecule has 0 bridgehead atoms. The van der Waals surface area contributed by atoms with Gasteiger partial charge in [-0.15, -0.1) is 0 Å². The SMILES string of the molecule is CC(CCc1ccc(O)cc1)NC(=O)C1CCNC1C. The Kier molecular flexibility index (Phi) is 5.01. The van der Waals surface area contributed by atoms with Crippen LogP contribution in [0.2, 0.25) is 0 Å². The van der Waals surface area contributed by atoms with Crippen molar-refractivity contribution in [2.45, 2.75) is 45.2 Å². The van der Waals surface area contributed by atoms with E-state index in [9.17, 15) is 9.90 Å². The van der Waals surface area contributed by atoms with Crippen LogP contribution in [0.3, 0.4) is 0 Å². The third-order valence-corrected chi connectivity index (χ3v) is 4.05. The van der Waals surface area contributed by atoms with Crippen molar-refractivity contribution in [3.8, 4) is 5.75 Å². The summed E-state index contributed by atoms with van der Waals surface area (Å²) in [5, 5.41) is 15.6. The number of carbonyl (C=O) groups is 1. The largest absolute Gasteiger partial charge is 0.508 e. The fourth-order valence-corrected chi connectivity index (χ4v) is 2.68. The van der Waals surface area contributed by atoms with E-state index in [0.29, 0.717) is 0 Å². The molecule has 3 atom stereocenters. The number of phenolic OH excluding ortho intramolecular Hbond substituents is 1. The molecule has 1 fully saturated rings. The van der Waals surface area contributed by atoms with Gasteiger partial charge in [-0.1, -0.05) is 12.1 Å². The minimum Gasteiger partial charge on any atom is -0.508 e. The molecule has 20 heavy (non-hydrogen) atoms. The lowest BCUT2D eigenvalue weighted by atomic mass is 10.00. The van der Waals surface area contributed by atoms with Crippen molar-refractivity contribution in [3.05, 3.63) is 29.8 Å². The minimum atomic E-state index is 0.103. The van der Waals surface area contributed by atoms with Crippen molar-refractivity contribution in [1.82, 2.24) is 10.6 Å². The molecule has 1 saturated heterocycles. The molecule has 3 N–H and O–H groups in total. The third kappa shape index (κ3) is 3.97. The van der Waals surface area contributed by atoms with Crippen molar-refractivity contribution < 1.29 is 9.90 Å². The lowest BCUT2D eigenvalue weighted by Crippen LogP contribution is -2.41. The standard InChI is InChI=1S/C16H24N2O2/c1-11(3-4-13-5-7-14(19)8-6-13)18-16(20)15-9-10-17-12(15)2/h5-8,11-12,15,17,19H,3-4,9-10H2,1-2H3,(H,18,20). The summed E-state index contributed by atoms with van der Waals surface area (Å²) in [7, 11) is 0. The molecule has 1 aliphatic heterocycles. The maximum Gasteiger partial charge on any atom is 0.224 e. The van der Waals surface area contributed by atoms with Crippen LogP contribution in [0.25, 0.3) is 0 Å². The van der Waals surface area contributed by atoms with Crippen molar-refractivity contribution in [2.75, 3.05) is 6.54 Å². The molecule has 1 aliphatic rings.